The van der Waals surface area contributed by atoms with Gasteiger partial charge in [0.1, 0.15) is 0 Å². The van der Waals surface area contributed by atoms with Crippen molar-refractivity contribution >= 4 is 0 Å². The van der Waals surface area contributed by atoms with Crippen LogP contribution < -0.4 is 10.6 Å². The molecule has 14 heavy (non-hydrogen) atoms. The van der Waals surface area contributed by atoms with E-state index in [2.05, 4.69) is 52.2 Å². The summed E-state index contributed by atoms with van der Waals surface area (Å²) in [5, 5.41) is 7.17. The molecule has 0 bridgehead atoms. The van der Waals surface area contributed by atoms with Gasteiger partial charge in [0.15, 0.2) is 0 Å². The van der Waals surface area contributed by atoms with Crippen molar-refractivity contribution in [3.8, 4) is 0 Å². The summed E-state index contributed by atoms with van der Waals surface area (Å²) >= 11 is 0. The maximum Gasteiger partial charge on any atom is 0.0577 e. The van der Waals surface area contributed by atoms with E-state index < -0.39 is 0 Å². The molecule has 0 aliphatic rings. The molecule has 2 nitrogen and oxygen atoms in total. The molecule has 0 radical (unpaired) electrons. The van der Waals surface area contributed by atoms with Gasteiger partial charge in [0.2, 0.25) is 0 Å². The monoisotopic (exact) mass is 200 g/mol. The molecule has 0 aliphatic carbocycles. The Morgan fingerprint density at radius 3 is 2.07 bits per heavy atom. The summed E-state index contributed by atoms with van der Waals surface area (Å²) in [5.74, 6) is 0. The molecule has 0 heterocycles. The number of hydrogen-bond donors (Lipinski definition) is 2. The molecule has 0 fully saturated rings. The molecule has 0 saturated heterocycles. The molecule has 1 atom stereocenters. The Morgan fingerprint density at radius 1 is 1.14 bits per heavy atom. The molecule has 0 aliphatic heterocycles. The van der Waals surface area contributed by atoms with Crippen LogP contribution >= 0.6 is 0 Å². The normalized spacial score (nSPS) is 14.8. The van der Waals surface area contributed by atoms with E-state index in [1.807, 2.05) is 0 Å². The molecular weight excluding hydrogens is 172 g/mol. The average Bonchev–Trinajstić information content (AvgIpc) is 1.96. The van der Waals surface area contributed by atoms with E-state index in [9.17, 15) is 0 Å². The lowest BCUT2D eigenvalue weighted by atomic mass is 10.1. The highest BCUT2D eigenvalue weighted by Gasteiger charge is 2.16. The lowest BCUT2D eigenvalue weighted by molar-refractivity contribution is 0.285. The molecule has 2 N–H and O–H groups in total. The molecule has 0 spiro atoms. The minimum Gasteiger partial charge on any atom is -0.300 e. The highest BCUT2D eigenvalue weighted by atomic mass is 15.2. The maximum atomic E-state index is 3.61. The number of rotatable bonds is 6. The SMILES string of the molecule is CCCCC(NC(C)C)NC(C)(C)C. The number of nitrogens with one attached hydrogen (secondary N) is 2. The first-order valence-corrected chi connectivity index (χ1v) is 5.89. The van der Waals surface area contributed by atoms with E-state index in [0.29, 0.717) is 12.2 Å². The van der Waals surface area contributed by atoms with E-state index in [0.717, 1.165) is 0 Å². The van der Waals surface area contributed by atoms with Gasteiger partial charge in [0.25, 0.3) is 0 Å². The van der Waals surface area contributed by atoms with Gasteiger partial charge in [-0.25, -0.2) is 0 Å². The third-order valence-electron chi connectivity index (χ3n) is 1.99. The van der Waals surface area contributed by atoms with Crippen molar-refractivity contribution in [1.29, 1.82) is 0 Å². The van der Waals surface area contributed by atoms with Crippen molar-refractivity contribution < 1.29 is 0 Å². The Balaban J connectivity index is 3.97. The first-order valence-electron chi connectivity index (χ1n) is 5.89. The Hall–Kier alpha value is -0.0800. The molecule has 0 rings (SSSR count). The summed E-state index contributed by atoms with van der Waals surface area (Å²) in [5.41, 5.74) is 0.195. The van der Waals surface area contributed by atoms with Crippen LogP contribution in [0.25, 0.3) is 0 Å². The van der Waals surface area contributed by atoms with Crippen LogP contribution in [0.2, 0.25) is 0 Å². The van der Waals surface area contributed by atoms with Gasteiger partial charge in [0, 0.05) is 11.6 Å². The second-order valence-electron chi connectivity index (χ2n) is 5.41. The molecule has 2 heteroatoms. The Bertz CT molecular complexity index is 136. The van der Waals surface area contributed by atoms with Crippen LogP contribution in [0.3, 0.4) is 0 Å². The Kier molecular flexibility index (Phi) is 6.38. The van der Waals surface area contributed by atoms with E-state index in [-0.39, 0.29) is 5.54 Å². The quantitative estimate of drug-likeness (QED) is 0.644. The molecular formula is C12H28N2. The molecule has 0 aromatic rings. The molecule has 86 valence electrons. The van der Waals surface area contributed by atoms with Gasteiger partial charge in [-0.2, -0.15) is 0 Å². The summed E-state index contributed by atoms with van der Waals surface area (Å²) < 4.78 is 0. The van der Waals surface area contributed by atoms with E-state index in [1.165, 1.54) is 19.3 Å². The van der Waals surface area contributed by atoms with Gasteiger partial charge >= 0.3 is 0 Å². The summed E-state index contributed by atoms with van der Waals surface area (Å²) in [6.45, 7) is 13.3. The van der Waals surface area contributed by atoms with Crippen molar-refractivity contribution in [2.24, 2.45) is 0 Å². The number of hydrogen-bond acceptors (Lipinski definition) is 2. The van der Waals surface area contributed by atoms with Gasteiger partial charge in [0.05, 0.1) is 6.17 Å². The highest BCUT2D eigenvalue weighted by molar-refractivity contribution is 4.77. The van der Waals surface area contributed by atoms with Gasteiger partial charge in [-0.05, 0) is 41.0 Å². The fourth-order valence-electron chi connectivity index (χ4n) is 1.53. The minimum atomic E-state index is 0.195. The molecule has 0 amide bonds. The smallest absolute Gasteiger partial charge is 0.0577 e. The number of unbranched alkanes of at least 4 members (excludes halogenated alkanes) is 1. The Labute approximate surface area is 89.9 Å². The minimum absolute atomic E-state index is 0.195. The van der Waals surface area contributed by atoms with E-state index in [1.54, 1.807) is 0 Å². The van der Waals surface area contributed by atoms with E-state index >= 15 is 0 Å². The fraction of sp³-hybridized carbons (Fsp3) is 1.00. The van der Waals surface area contributed by atoms with Gasteiger partial charge in [-0.15, -0.1) is 0 Å². The average molecular weight is 200 g/mol. The third kappa shape index (κ3) is 8.52. The zero-order valence-electron chi connectivity index (χ0n) is 10.8. The van der Waals surface area contributed by atoms with Crippen LogP contribution in [0.15, 0.2) is 0 Å². The summed E-state index contributed by atoms with van der Waals surface area (Å²) in [6.07, 6.45) is 4.22. The first-order chi connectivity index (χ1) is 6.35. The largest absolute Gasteiger partial charge is 0.300 e. The standard InChI is InChI=1S/C12H28N2/c1-7-8-9-11(13-10(2)3)14-12(4,5)6/h10-11,13-14H,7-9H2,1-6H3. The van der Waals surface area contributed by atoms with Gasteiger partial charge in [-0.3, -0.25) is 10.6 Å². The summed E-state index contributed by atoms with van der Waals surface area (Å²) in [4.78, 5) is 0. The first kappa shape index (κ1) is 13.9. The van der Waals surface area contributed by atoms with Crippen LogP contribution in [0.1, 0.15) is 60.8 Å². The lowest BCUT2D eigenvalue weighted by Crippen LogP contribution is -2.52. The van der Waals surface area contributed by atoms with Crippen LogP contribution in [0.5, 0.6) is 0 Å². The van der Waals surface area contributed by atoms with E-state index in [4.69, 9.17) is 0 Å². The topological polar surface area (TPSA) is 24.1 Å². The highest BCUT2D eigenvalue weighted by Crippen LogP contribution is 2.06. The zero-order valence-corrected chi connectivity index (χ0v) is 10.8. The fourth-order valence-corrected chi connectivity index (χ4v) is 1.53. The van der Waals surface area contributed by atoms with Crippen LogP contribution in [0.4, 0.5) is 0 Å². The van der Waals surface area contributed by atoms with Gasteiger partial charge < -0.3 is 0 Å². The van der Waals surface area contributed by atoms with Crippen LogP contribution in [-0.4, -0.2) is 17.7 Å². The van der Waals surface area contributed by atoms with Crippen molar-refractivity contribution in [2.75, 3.05) is 0 Å². The Morgan fingerprint density at radius 2 is 1.71 bits per heavy atom. The zero-order chi connectivity index (χ0) is 11.2. The van der Waals surface area contributed by atoms with Crippen LogP contribution in [-0.2, 0) is 0 Å². The second kappa shape index (κ2) is 6.41. The second-order valence-corrected chi connectivity index (χ2v) is 5.41. The molecule has 0 aromatic heterocycles. The van der Waals surface area contributed by atoms with Gasteiger partial charge in [-0.1, -0.05) is 19.8 Å². The third-order valence-corrected chi connectivity index (χ3v) is 1.99. The summed E-state index contributed by atoms with van der Waals surface area (Å²) in [6, 6.07) is 0.548. The summed E-state index contributed by atoms with van der Waals surface area (Å²) in [7, 11) is 0. The molecule has 0 saturated carbocycles. The maximum absolute atomic E-state index is 3.61. The van der Waals surface area contributed by atoms with Crippen molar-refractivity contribution in [2.45, 2.75) is 78.6 Å². The predicted molar refractivity (Wildman–Crippen MR) is 64.5 cm³/mol. The lowest BCUT2D eigenvalue weighted by Gasteiger charge is -2.30. The predicted octanol–water partition coefficient (Wildman–Crippen LogP) is 2.89. The molecule has 1 unspecified atom stereocenters. The van der Waals surface area contributed by atoms with Crippen molar-refractivity contribution in [3.05, 3.63) is 0 Å². The van der Waals surface area contributed by atoms with Crippen molar-refractivity contribution in [3.63, 3.8) is 0 Å². The van der Waals surface area contributed by atoms with Crippen molar-refractivity contribution in [1.82, 2.24) is 10.6 Å². The van der Waals surface area contributed by atoms with Crippen LogP contribution in [0, 0.1) is 0 Å². The molecule has 0 aromatic carbocycles.